The normalized spacial score (nSPS) is 10.5. The topological polar surface area (TPSA) is 88.0 Å². The summed E-state index contributed by atoms with van der Waals surface area (Å²) in [5.74, 6) is -0.413. The lowest BCUT2D eigenvalue weighted by Crippen LogP contribution is -2.12. The van der Waals surface area contributed by atoms with Gasteiger partial charge in [-0.3, -0.25) is 15.1 Å². The molecule has 0 fully saturated rings. The van der Waals surface area contributed by atoms with Crippen LogP contribution < -0.4 is 5.32 Å². The van der Waals surface area contributed by atoms with E-state index in [1.54, 1.807) is 24.4 Å². The fourth-order valence-electron chi connectivity index (χ4n) is 2.09. The molecule has 0 aliphatic carbocycles. The number of hydrogen-bond acceptors (Lipinski definition) is 6. The molecule has 116 valence electrons. The summed E-state index contributed by atoms with van der Waals surface area (Å²) in [5, 5.41) is 21.7. The zero-order valence-electron chi connectivity index (χ0n) is 12.4. The quantitative estimate of drug-likeness (QED) is 0.769. The van der Waals surface area contributed by atoms with Crippen LogP contribution in [0.1, 0.15) is 22.8 Å². The molecular formula is C16H14N4O2S. The summed E-state index contributed by atoms with van der Waals surface area (Å²) in [7, 11) is 0. The van der Waals surface area contributed by atoms with Gasteiger partial charge in [0.2, 0.25) is 5.13 Å². The number of phenolic OH excluding ortho intramolecular Hbond substituents is 1. The van der Waals surface area contributed by atoms with Gasteiger partial charge in [0.1, 0.15) is 11.4 Å². The van der Waals surface area contributed by atoms with Crippen LogP contribution in [0.5, 0.6) is 5.75 Å². The number of phenols is 1. The van der Waals surface area contributed by atoms with Gasteiger partial charge < -0.3 is 5.11 Å². The second kappa shape index (κ2) is 6.53. The van der Waals surface area contributed by atoms with Crippen LogP contribution in [0.15, 0.2) is 42.6 Å². The summed E-state index contributed by atoms with van der Waals surface area (Å²) < 4.78 is 0. The maximum Gasteiger partial charge on any atom is 0.261 e. The zero-order chi connectivity index (χ0) is 16.2. The first-order valence-corrected chi connectivity index (χ1v) is 7.87. The van der Waals surface area contributed by atoms with Crippen molar-refractivity contribution in [1.82, 2.24) is 15.2 Å². The first-order chi connectivity index (χ1) is 11.2. The van der Waals surface area contributed by atoms with Gasteiger partial charge in [0, 0.05) is 6.20 Å². The summed E-state index contributed by atoms with van der Waals surface area (Å²) in [6.45, 7) is 1.92. The molecule has 3 aromatic rings. The minimum absolute atomic E-state index is 0.00182. The number of nitrogens with zero attached hydrogens (tertiary/aromatic N) is 3. The number of carbonyl (C=O) groups is 1. The van der Waals surface area contributed by atoms with Crippen LogP contribution in [0.2, 0.25) is 0 Å². The molecule has 23 heavy (non-hydrogen) atoms. The van der Waals surface area contributed by atoms with E-state index in [1.165, 1.54) is 11.3 Å². The van der Waals surface area contributed by atoms with Gasteiger partial charge in [-0.25, -0.2) is 0 Å². The summed E-state index contributed by atoms with van der Waals surface area (Å²) in [4.78, 5) is 16.5. The van der Waals surface area contributed by atoms with Gasteiger partial charge in [0.25, 0.3) is 5.91 Å². The monoisotopic (exact) mass is 326 g/mol. The highest BCUT2D eigenvalue weighted by Crippen LogP contribution is 2.27. The van der Waals surface area contributed by atoms with Crippen LogP contribution in [0.25, 0.3) is 10.7 Å². The molecule has 1 aromatic carbocycles. The van der Waals surface area contributed by atoms with E-state index in [4.69, 9.17) is 0 Å². The van der Waals surface area contributed by atoms with Crippen LogP contribution in [0.4, 0.5) is 5.13 Å². The number of hydrogen-bond donors (Lipinski definition) is 2. The minimum Gasteiger partial charge on any atom is -0.507 e. The molecule has 0 bridgehead atoms. The number of nitrogens with one attached hydrogen (secondary N) is 1. The molecular weight excluding hydrogens is 312 g/mol. The van der Waals surface area contributed by atoms with Gasteiger partial charge in [0.05, 0.1) is 5.56 Å². The predicted molar refractivity (Wildman–Crippen MR) is 88.6 cm³/mol. The third kappa shape index (κ3) is 3.19. The lowest BCUT2D eigenvalue weighted by molar-refractivity contribution is 0.102. The standard InChI is InChI=1S/C16H14N4O2S/c1-2-10-6-5-7-11(13(10)21)14(22)18-16-20-19-15(23-16)12-8-3-4-9-17-12/h3-9,21H,2H2,1H3,(H,18,20,22). The fourth-order valence-corrected chi connectivity index (χ4v) is 2.81. The van der Waals surface area contributed by atoms with Crippen molar-refractivity contribution in [2.75, 3.05) is 5.32 Å². The number of pyridine rings is 1. The third-order valence-corrected chi connectivity index (χ3v) is 4.14. The maximum atomic E-state index is 12.3. The smallest absolute Gasteiger partial charge is 0.261 e. The lowest BCUT2D eigenvalue weighted by Gasteiger charge is -2.07. The predicted octanol–water partition coefficient (Wildman–Crippen LogP) is 3.12. The highest BCUT2D eigenvalue weighted by Gasteiger charge is 2.16. The van der Waals surface area contributed by atoms with E-state index < -0.39 is 5.91 Å². The molecule has 2 N–H and O–H groups in total. The highest BCUT2D eigenvalue weighted by atomic mass is 32.1. The molecule has 6 nitrogen and oxygen atoms in total. The van der Waals surface area contributed by atoms with Gasteiger partial charge >= 0.3 is 0 Å². The maximum absolute atomic E-state index is 12.3. The number of para-hydroxylation sites is 1. The number of amides is 1. The SMILES string of the molecule is CCc1cccc(C(=O)Nc2nnc(-c3ccccn3)s2)c1O. The second-order valence-electron chi connectivity index (χ2n) is 4.75. The second-order valence-corrected chi connectivity index (χ2v) is 5.73. The Kier molecular flexibility index (Phi) is 4.29. The van der Waals surface area contributed by atoms with E-state index in [0.717, 1.165) is 5.56 Å². The van der Waals surface area contributed by atoms with Crippen LogP contribution in [-0.2, 0) is 6.42 Å². The van der Waals surface area contributed by atoms with Gasteiger partial charge in [-0.2, -0.15) is 0 Å². The molecule has 7 heteroatoms. The van der Waals surface area contributed by atoms with Crippen molar-refractivity contribution in [2.24, 2.45) is 0 Å². The number of anilines is 1. The summed E-state index contributed by atoms with van der Waals surface area (Å²) in [6.07, 6.45) is 2.32. The van der Waals surface area contributed by atoms with Crippen LogP contribution in [0, 0.1) is 0 Å². The largest absolute Gasteiger partial charge is 0.507 e. The van der Waals surface area contributed by atoms with E-state index in [-0.39, 0.29) is 11.3 Å². The van der Waals surface area contributed by atoms with E-state index >= 15 is 0 Å². The molecule has 2 heterocycles. The summed E-state index contributed by atoms with van der Waals surface area (Å²) in [5.41, 5.74) is 1.64. The van der Waals surface area contributed by atoms with Crippen molar-refractivity contribution in [3.63, 3.8) is 0 Å². The van der Waals surface area contributed by atoms with E-state index in [0.29, 0.717) is 22.3 Å². The number of rotatable bonds is 4. The minimum atomic E-state index is -0.415. The molecule has 0 aliphatic rings. The Hall–Kier alpha value is -2.80. The lowest BCUT2D eigenvalue weighted by atomic mass is 10.1. The highest BCUT2D eigenvalue weighted by molar-refractivity contribution is 7.18. The van der Waals surface area contributed by atoms with E-state index in [2.05, 4.69) is 20.5 Å². The summed E-state index contributed by atoms with van der Waals surface area (Å²) >= 11 is 1.23. The van der Waals surface area contributed by atoms with Crippen LogP contribution in [-0.4, -0.2) is 26.2 Å². The molecule has 3 rings (SSSR count). The number of aryl methyl sites for hydroxylation is 1. The Labute approximate surface area is 136 Å². The zero-order valence-corrected chi connectivity index (χ0v) is 13.2. The van der Waals surface area contributed by atoms with Crippen LogP contribution in [0.3, 0.4) is 0 Å². The molecule has 0 radical (unpaired) electrons. The van der Waals surface area contributed by atoms with Gasteiger partial charge in [0.15, 0.2) is 5.01 Å². The number of aromatic hydroxyl groups is 1. The first-order valence-electron chi connectivity index (χ1n) is 7.06. The van der Waals surface area contributed by atoms with Gasteiger partial charge in [-0.15, -0.1) is 10.2 Å². The molecule has 0 spiro atoms. The van der Waals surface area contributed by atoms with Gasteiger partial charge in [-0.1, -0.05) is 36.5 Å². The van der Waals surface area contributed by atoms with Crippen molar-refractivity contribution >= 4 is 22.4 Å². The number of carbonyl (C=O) groups excluding carboxylic acids is 1. The van der Waals surface area contributed by atoms with Crippen molar-refractivity contribution in [3.8, 4) is 16.5 Å². The molecule has 0 aliphatic heterocycles. The molecule has 0 unspecified atom stereocenters. The van der Waals surface area contributed by atoms with Crippen molar-refractivity contribution in [3.05, 3.63) is 53.7 Å². The van der Waals surface area contributed by atoms with Crippen molar-refractivity contribution < 1.29 is 9.90 Å². The average Bonchev–Trinajstić information content (AvgIpc) is 3.04. The molecule has 0 atom stereocenters. The average molecular weight is 326 g/mol. The summed E-state index contributed by atoms with van der Waals surface area (Å²) in [6, 6.07) is 10.6. The number of aromatic nitrogens is 3. The Balaban J connectivity index is 1.80. The van der Waals surface area contributed by atoms with Crippen molar-refractivity contribution in [2.45, 2.75) is 13.3 Å². The molecule has 2 aromatic heterocycles. The van der Waals surface area contributed by atoms with E-state index in [1.807, 2.05) is 25.1 Å². The molecule has 0 saturated carbocycles. The van der Waals surface area contributed by atoms with Crippen LogP contribution >= 0.6 is 11.3 Å². The Morgan fingerprint density at radius 1 is 1.22 bits per heavy atom. The molecule has 0 saturated heterocycles. The Morgan fingerprint density at radius 2 is 2.09 bits per heavy atom. The number of benzene rings is 1. The van der Waals surface area contributed by atoms with Crippen molar-refractivity contribution in [1.29, 1.82) is 0 Å². The van der Waals surface area contributed by atoms with Gasteiger partial charge in [-0.05, 0) is 30.2 Å². The Morgan fingerprint density at radius 3 is 2.83 bits per heavy atom. The van der Waals surface area contributed by atoms with E-state index in [9.17, 15) is 9.90 Å². The first kappa shape index (κ1) is 15.1. The third-order valence-electron chi connectivity index (χ3n) is 3.27. The molecule has 1 amide bonds. The fraction of sp³-hybridized carbons (Fsp3) is 0.125. The Bertz CT molecular complexity index is 833.